The van der Waals surface area contributed by atoms with Gasteiger partial charge in [-0.2, -0.15) is 0 Å². The molecule has 0 unspecified atom stereocenters. The van der Waals surface area contributed by atoms with E-state index in [0.29, 0.717) is 5.56 Å². The number of sulfone groups is 1. The van der Waals surface area contributed by atoms with Gasteiger partial charge in [0.15, 0.2) is 9.84 Å². The zero-order valence-electron chi connectivity index (χ0n) is 15.5. The van der Waals surface area contributed by atoms with Crippen LogP contribution in [0.3, 0.4) is 0 Å². The lowest BCUT2D eigenvalue weighted by molar-refractivity contribution is -0.274. The summed E-state index contributed by atoms with van der Waals surface area (Å²) in [5.74, 6) is -0.891. The standard InChI is InChI=1S/C20H15F3N2O4S/c1-30(27,28)17-3-2-12-24-18(17)13-4-6-14(7-5-13)19(26)25-15-8-10-16(11-9-15)29-20(21,22)23/h2-12H,1H3,(H,25,26). The number of alkyl halides is 3. The largest absolute Gasteiger partial charge is 0.573 e. The van der Waals surface area contributed by atoms with E-state index < -0.39 is 27.9 Å². The van der Waals surface area contributed by atoms with E-state index in [1.807, 2.05) is 0 Å². The van der Waals surface area contributed by atoms with Gasteiger partial charge in [-0.3, -0.25) is 9.78 Å². The molecule has 1 amide bonds. The van der Waals surface area contributed by atoms with Crippen molar-refractivity contribution >= 4 is 21.4 Å². The van der Waals surface area contributed by atoms with Crippen LogP contribution in [0.15, 0.2) is 71.8 Å². The van der Waals surface area contributed by atoms with Crippen LogP contribution in [0.4, 0.5) is 18.9 Å². The van der Waals surface area contributed by atoms with Crippen LogP contribution in [0.2, 0.25) is 0 Å². The van der Waals surface area contributed by atoms with Crippen molar-refractivity contribution in [2.75, 3.05) is 11.6 Å². The van der Waals surface area contributed by atoms with Crippen molar-refractivity contribution in [3.05, 3.63) is 72.4 Å². The summed E-state index contributed by atoms with van der Waals surface area (Å²) < 4.78 is 64.2. The molecule has 0 fully saturated rings. The molecule has 0 aliphatic carbocycles. The van der Waals surface area contributed by atoms with E-state index in [1.165, 1.54) is 42.6 Å². The highest BCUT2D eigenvalue weighted by Gasteiger charge is 2.31. The molecule has 0 aliphatic heterocycles. The van der Waals surface area contributed by atoms with Crippen molar-refractivity contribution in [2.45, 2.75) is 11.3 Å². The number of carbonyl (C=O) groups is 1. The average Bonchev–Trinajstić information content (AvgIpc) is 2.68. The third kappa shape index (κ3) is 5.35. The SMILES string of the molecule is CS(=O)(=O)c1cccnc1-c1ccc(C(=O)Nc2ccc(OC(F)(F)F)cc2)cc1. The number of pyridine rings is 1. The molecular formula is C20H15F3N2O4S. The van der Waals surface area contributed by atoms with Gasteiger partial charge in [0.2, 0.25) is 0 Å². The Morgan fingerprint density at radius 2 is 1.63 bits per heavy atom. The fourth-order valence-electron chi connectivity index (χ4n) is 2.63. The van der Waals surface area contributed by atoms with E-state index in [1.54, 1.807) is 12.1 Å². The highest BCUT2D eigenvalue weighted by Crippen LogP contribution is 2.26. The minimum atomic E-state index is -4.79. The molecule has 1 N–H and O–H groups in total. The molecule has 0 bridgehead atoms. The lowest BCUT2D eigenvalue weighted by Gasteiger charge is -2.10. The third-order valence-electron chi connectivity index (χ3n) is 3.94. The van der Waals surface area contributed by atoms with E-state index >= 15 is 0 Å². The highest BCUT2D eigenvalue weighted by molar-refractivity contribution is 7.90. The lowest BCUT2D eigenvalue weighted by Crippen LogP contribution is -2.17. The summed E-state index contributed by atoms with van der Waals surface area (Å²) >= 11 is 0. The number of nitrogens with one attached hydrogen (secondary N) is 1. The molecular weight excluding hydrogens is 421 g/mol. The molecule has 10 heteroatoms. The van der Waals surface area contributed by atoms with Gasteiger partial charge in [0.1, 0.15) is 5.75 Å². The van der Waals surface area contributed by atoms with Crippen LogP contribution in [0.1, 0.15) is 10.4 Å². The van der Waals surface area contributed by atoms with E-state index in [9.17, 15) is 26.4 Å². The average molecular weight is 436 g/mol. The molecule has 6 nitrogen and oxygen atoms in total. The predicted molar refractivity (Wildman–Crippen MR) is 104 cm³/mol. The van der Waals surface area contributed by atoms with Crippen LogP contribution in [0.25, 0.3) is 11.3 Å². The van der Waals surface area contributed by atoms with Gasteiger partial charge >= 0.3 is 6.36 Å². The van der Waals surface area contributed by atoms with Gasteiger partial charge in [0, 0.05) is 29.3 Å². The Morgan fingerprint density at radius 1 is 1.00 bits per heavy atom. The second-order valence-electron chi connectivity index (χ2n) is 6.23. The number of amides is 1. The maximum Gasteiger partial charge on any atom is 0.573 e. The van der Waals surface area contributed by atoms with Crippen LogP contribution in [0, 0.1) is 0 Å². The monoisotopic (exact) mass is 436 g/mol. The van der Waals surface area contributed by atoms with Crippen LogP contribution < -0.4 is 10.1 Å². The highest BCUT2D eigenvalue weighted by atomic mass is 32.2. The smallest absolute Gasteiger partial charge is 0.406 e. The second-order valence-corrected chi connectivity index (χ2v) is 8.21. The van der Waals surface area contributed by atoms with Crippen molar-refractivity contribution in [3.63, 3.8) is 0 Å². The Bertz CT molecular complexity index is 1160. The Balaban J connectivity index is 1.75. The van der Waals surface area contributed by atoms with Crippen LogP contribution >= 0.6 is 0 Å². The molecule has 0 aliphatic rings. The van der Waals surface area contributed by atoms with Crippen molar-refractivity contribution < 1.29 is 31.1 Å². The lowest BCUT2D eigenvalue weighted by atomic mass is 10.1. The molecule has 30 heavy (non-hydrogen) atoms. The molecule has 3 aromatic rings. The van der Waals surface area contributed by atoms with Gasteiger partial charge in [0.25, 0.3) is 5.91 Å². The minimum Gasteiger partial charge on any atom is -0.406 e. The number of rotatable bonds is 5. The molecule has 0 radical (unpaired) electrons. The molecule has 0 atom stereocenters. The van der Waals surface area contributed by atoms with E-state index in [2.05, 4.69) is 15.0 Å². The van der Waals surface area contributed by atoms with Crippen LogP contribution in [-0.2, 0) is 9.84 Å². The molecule has 1 aromatic heterocycles. The Morgan fingerprint density at radius 3 is 2.20 bits per heavy atom. The first-order valence-electron chi connectivity index (χ1n) is 8.45. The first kappa shape index (κ1) is 21.3. The van der Waals surface area contributed by atoms with Crippen molar-refractivity contribution in [3.8, 4) is 17.0 Å². The molecule has 2 aromatic carbocycles. The van der Waals surface area contributed by atoms with E-state index in [0.717, 1.165) is 18.4 Å². The van der Waals surface area contributed by atoms with Crippen molar-refractivity contribution in [1.82, 2.24) is 4.98 Å². The Labute approximate surface area is 170 Å². The van der Waals surface area contributed by atoms with Crippen molar-refractivity contribution in [1.29, 1.82) is 0 Å². The summed E-state index contributed by atoms with van der Waals surface area (Å²) in [6.45, 7) is 0. The van der Waals surface area contributed by atoms with Crippen LogP contribution in [0.5, 0.6) is 5.75 Å². The number of nitrogens with zero attached hydrogens (tertiary/aromatic N) is 1. The molecule has 3 rings (SSSR count). The third-order valence-corrected chi connectivity index (χ3v) is 5.06. The molecule has 1 heterocycles. The number of carbonyl (C=O) groups excluding carboxylic acids is 1. The number of ether oxygens (including phenoxy) is 1. The summed E-state index contributed by atoms with van der Waals surface area (Å²) in [4.78, 5) is 16.6. The van der Waals surface area contributed by atoms with Gasteiger partial charge in [-0.05, 0) is 48.5 Å². The Hall–Kier alpha value is -3.40. The molecule has 0 saturated heterocycles. The van der Waals surface area contributed by atoms with Crippen LogP contribution in [-0.4, -0.2) is 31.9 Å². The van der Waals surface area contributed by atoms with E-state index in [4.69, 9.17) is 0 Å². The fourth-order valence-corrected chi connectivity index (χ4v) is 3.48. The van der Waals surface area contributed by atoms with E-state index in [-0.39, 0.29) is 21.8 Å². The zero-order valence-corrected chi connectivity index (χ0v) is 16.3. The van der Waals surface area contributed by atoms with Gasteiger partial charge in [-0.1, -0.05) is 12.1 Å². The number of benzene rings is 2. The van der Waals surface area contributed by atoms with Gasteiger partial charge in [-0.25, -0.2) is 8.42 Å². The van der Waals surface area contributed by atoms with Gasteiger partial charge in [0.05, 0.1) is 10.6 Å². The summed E-state index contributed by atoms with van der Waals surface area (Å²) in [6.07, 6.45) is -2.24. The molecule has 156 valence electrons. The Kier molecular flexibility index (Phi) is 5.79. The number of hydrogen-bond donors (Lipinski definition) is 1. The van der Waals surface area contributed by atoms with Gasteiger partial charge < -0.3 is 10.1 Å². The normalized spacial score (nSPS) is 11.7. The summed E-state index contributed by atoms with van der Waals surface area (Å²) in [5.41, 5.74) is 1.34. The number of aromatic nitrogens is 1. The first-order chi connectivity index (χ1) is 14.0. The summed E-state index contributed by atoms with van der Waals surface area (Å²) in [6, 6.07) is 13.8. The maximum absolute atomic E-state index is 12.4. The quantitative estimate of drug-likeness (QED) is 0.645. The number of halogens is 3. The fraction of sp³-hybridized carbons (Fsp3) is 0.100. The predicted octanol–water partition coefficient (Wildman–Crippen LogP) is 4.30. The summed E-state index contributed by atoms with van der Waals surface area (Å²) in [5, 5.41) is 2.56. The summed E-state index contributed by atoms with van der Waals surface area (Å²) in [7, 11) is -3.49. The molecule has 0 spiro atoms. The number of hydrogen-bond acceptors (Lipinski definition) is 5. The molecule has 0 saturated carbocycles. The first-order valence-corrected chi connectivity index (χ1v) is 10.3. The topological polar surface area (TPSA) is 85.4 Å². The maximum atomic E-state index is 12.4. The minimum absolute atomic E-state index is 0.0726. The van der Waals surface area contributed by atoms with Crippen molar-refractivity contribution in [2.24, 2.45) is 0 Å². The van der Waals surface area contributed by atoms with Gasteiger partial charge in [-0.15, -0.1) is 13.2 Å². The second kappa shape index (κ2) is 8.15. The zero-order chi connectivity index (χ0) is 21.9. The number of anilines is 1.